The van der Waals surface area contributed by atoms with Crippen molar-refractivity contribution in [3.8, 4) is 0 Å². The number of rotatable bonds is 39. The molecule has 308 valence electrons. The van der Waals surface area contributed by atoms with Gasteiger partial charge in [-0.25, -0.2) is 0 Å². The highest BCUT2D eigenvalue weighted by Crippen LogP contribution is 2.41. The van der Waals surface area contributed by atoms with Crippen LogP contribution in [0.2, 0.25) is 0 Å². The lowest BCUT2D eigenvalue weighted by Crippen LogP contribution is -2.45. The van der Waals surface area contributed by atoms with Gasteiger partial charge in [-0.05, 0) is 38.5 Å². The molecule has 0 radical (unpaired) electrons. The van der Waals surface area contributed by atoms with Crippen LogP contribution in [-0.2, 0) is 27.9 Å². The number of nitrogens with zero attached hydrogens (tertiary/aromatic N) is 1. The summed E-state index contributed by atoms with van der Waals surface area (Å²) < 4.78 is 28.7. The minimum Gasteiger partial charge on any atom is -0.756 e. The van der Waals surface area contributed by atoms with Crippen molar-refractivity contribution in [2.24, 2.45) is 0 Å². The summed E-state index contributed by atoms with van der Waals surface area (Å²) in [5.41, 5.74) is 0. The van der Waals surface area contributed by atoms with E-state index >= 15 is 0 Å². The Labute approximate surface area is 320 Å². The number of phosphoric ester groups is 1. The van der Waals surface area contributed by atoms with Crippen LogP contribution in [0.5, 0.6) is 0 Å². The fraction of sp³-hybridized carbons (Fsp3) is 0.905. The molecule has 52 heavy (non-hydrogen) atoms. The third kappa shape index (κ3) is 34.7. The van der Waals surface area contributed by atoms with E-state index in [0.717, 1.165) is 51.4 Å². The van der Waals surface area contributed by atoms with Gasteiger partial charge >= 0.3 is 5.97 Å². The average molecular weight is 760 g/mol. The van der Waals surface area contributed by atoms with E-state index in [-0.39, 0.29) is 25.2 Å². The van der Waals surface area contributed by atoms with Crippen molar-refractivity contribution in [1.29, 1.82) is 0 Å². The van der Waals surface area contributed by atoms with Crippen molar-refractivity contribution < 1.29 is 42.4 Å². The molecular weight excluding hydrogens is 677 g/mol. The SMILES string of the molecule is CCCCCCCC/C=C\CCCCCCCC(=O)OC(CO)COP(=O)([O-])OC(C[N+](C)(C)C)C(=O)CCCCCCCCCCCCCCC. The number of ether oxygens (including phenoxy) is 1. The summed E-state index contributed by atoms with van der Waals surface area (Å²) in [5, 5.41) is 9.70. The Morgan fingerprint density at radius 1 is 0.654 bits per heavy atom. The number of esters is 1. The van der Waals surface area contributed by atoms with Crippen LogP contribution in [0, 0.1) is 0 Å². The van der Waals surface area contributed by atoms with Crippen LogP contribution in [0.15, 0.2) is 12.2 Å². The largest absolute Gasteiger partial charge is 0.756 e. The number of aliphatic hydroxyl groups excluding tert-OH is 1. The first kappa shape index (κ1) is 50.9. The van der Waals surface area contributed by atoms with Gasteiger partial charge in [0.2, 0.25) is 0 Å². The summed E-state index contributed by atoms with van der Waals surface area (Å²) in [6.45, 7) is 3.50. The predicted octanol–water partition coefficient (Wildman–Crippen LogP) is 10.6. The van der Waals surface area contributed by atoms with Crippen molar-refractivity contribution in [2.45, 2.75) is 206 Å². The summed E-state index contributed by atoms with van der Waals surface area (Å²) in [7, 11) is 0.679. The molecule has 1 N–H and O–H groups in total. The van der Waals surface area contributed by atoms with Gasteiger partial charge in [0.05, 0.1) is 34.4 Å². The van der Waals surface area contributed by atoms with Gasteiger partial charge in [-0.15, -0.1) is 0 Å². The van der Waals surface area contributed by atoms with Crippen LogP contribution in [-0.4, -0.2) is 74.5 Å². The molecule has 0 aliphatic heterocycles. The quantitative estimate of drug-likeness (QED) is 0.0216. The van der Waals surface area contributed by atoms with Gasteiger partial charge in [-0.2, -0.15) is 0 Å². The van der Waals surface area contributed by atoms with Gasteiger partial charge in [0, 0.05) is 12.8 Å². The molecule has 0 aliphatic rings. The second-order valence-corrected chi connectivity index (χ2v) is 17.3. The van der Waals surface area contributed by atoms with E-state index in [1.165, 1.54) is 103 Å². The molecule has 0 amide bonds. The normalized spacial score (nSPS) is 14.4. The van der Waals surface area contributed by atoms with Gasteiger partial charge in [0.1, 0.15) is 12.6 Å². The fourth-order valence-corrected chi connectivity index (χ4v) is 7.14. The minimum absolute atomic E-state index is 0.168. The van der Waals surface area contributed by atoms with Crippen LogP contribution in [0.4, 0.5) is 0 Å². The molecule has 10 heteroatoms. The Bertz CT molecular complexity index is 922. The summed E-state index contributed by atoms with van der Waals surface area (Å²) in [5.74, 6) is -0.765. The molecule has 0 spiro atoms. The van der Waals surface area contributed by atoms with Crippen molar-refractivity contribution in [1.82, 2.24) is 0 Å². The Hall–Kier alpha value is -1.09. The molecule has 0 fully saturated rings. The summed E-state index contributed by atoms with van der Waals surface area (Å²) in [4.78, 5) is 38.1. The third-order valence-electron chi connectivity index (χ3n) is 9.42. The van der Waals surface area contributed by atoms with Crippen molar-refractivity contribution >= 4 is 19.6 Å². The number of quaternary nitrogens is 1. The number of unbranched alkanes of at least 4 members (excludes halogenated alkanes) is 23. The average Bonchev–Trinajstić information content (AvgIpc) is 3.09. The fourth-order valence-electron chi connectivity index (χ4n) is 6.24. The van der Waals surface area contributed by atoms with E-state index in [1.807, 2.05) is 21.1 Å². The van der Waals surface area contributed by atoms with E-state index < -0.39 is 39.2 Å². The Morgan fingerprint density at radius 3 is 1.48 bits per heavy atom. The first-order valence-electron chi connectivity index (χ1n) is 21.4. The molecule has 0 bridgehead atoms. The number of allylic oxidation sites excluding steroid dienone is 2. The molecular formula is C42H82NO8P. The number of carbonyl (C=O) groups excluding carboxylic acids is 2. The zero-order chi connectivity index (χ0) is 38.8. The lowest BCUT2D eigenvalue weighted by molar-refractivity contribution is -0.872. The highest BCUT2D eigenvalue weighted by Gasteiger charge is 2.30. The van der Waals surface area contributed by atoms with Crippen LogP contribution < -0.4 is 4.89 Å². The Balaban J connectivity index is 4.29. The summed E-state index contributed by atoms with van der Waals surface area (Å²) >= 11 is 0. The third-order valence-corrected chi connectivity index (χ3v) is 10.4. The standard InChI is InChI=1S/C42H82NO8P/c1-6-8-10-12-14-16-18-20-21-23-25-27-29-31-33-35-42(46)50-39(37-44)38-49-52(47,48)51-41(36-43(3,4)5)40(45)34-32-30-28-26-24-22-19-17-15-13-11-9-7-2/h20-21,39,41,44H,6-19,22-38H2,1-5H3/b21-20-. The maximum atomic E-state index is 13.1. The maximum absolute atomic E-state index is 13.1. The number of hydrogen-bond donors (Lipinski definition) is 1. The first-order valence-corrected chi connectivity index (χ1v) is 22.8. The summed E-state index contributed by atoms with van der Waals surface area (Å²) in [6, 6.07) is 0. The number of Topliss-reactive ketones (excluding diaryl/α,β-unsaturated/α-hetero) is 1. The van der Waals surface area contributed by atoms with E-state index in [1.54, 1.807) is 0 Å². The van der Waals surface area contributed by atoms with Gasteiger partial charge in [0.25, 0.3) is 7.82 Å². The lowest BCUT2D eigenvalue weighted by Gasteiger charge is -2.32. The molecule has 0 saturated carbocycles. The monoisotopic (exact) mass is 760 g/mol. The number of hydrogen-bond acceptors (Lipinski definition) is 8. The molecule has 0 saturated heterocycles. The van der Waals surface area contributed by atoms with Crippen molar-refractivity contribution in [3.63, 3.8) is 0 Å². The molecule has 0 heterocycles. The van der Waals surface area contributed by atoms with Crippen LogP contribution in [0.25, 0.3) is 0 Å². The highest BCUT2D eigenvalue weighted by atomic mass is 31.2. The molecule has 3 atom stereocenters. The second kappa shape index (κ2) is 34.4. The first-order chi connectivity index (χ1) is 24.9. The molecule has 0 aromatic heterocycles. The lowest BCUT2D eigenvalue weighted by atomic mass is 10.0. The molecule has 9 nitrogen and oxygen atoms in total. The zero-order valence-corrected chi connectivity index (χ0v) is 35.3. The van der Waals surface area contributed by atoms with Crippen LogP contribution >= 0.6 is 7.82 Å². The summed E-state index contributed by atoms with van der Waals surface area (Å²) in [6.07, 6.45) is 33.4. The van der Waals surface area contributed by atoms with Crippen molar-refractivity contribution in [2.75, 3.05) is 40.9 Å². The van der Waals surface area contributed by atoms with Gasteiger partial charge in [-0.1, -0.05) is 154 Å². The highest BCUT2D eigenvalue weighted by molar-refractivity contribution is 7.45. The molecule has 0 rings (SSSR count). The molecule has 0 aliphatic carbocycles. The molecule has 0 aromatic carbocycles. The predicted molar refractivity (Wildman–Crippen MR) is 213 cm³/mol. The minimum atomic E-state index is -4.91. The van der Waals surface area contributed by atoms with E-state index in [4.69, 9.17) is 13.8 Å². The zero-order valence-electron chi connectivity index (χ0n) is 34.4. The van der Waals surface area contributed by atoms with Gasteiger partial charge < -0.3 is 28.3 Å². The number of likely N-dealkylation sites (N-methyl/N-ethyl adjacent to an activating group) is 1. The van der Waals surface area contributed by atoms with Crippen molar-refractivity contribution in [3.05, 3.63) is 12.2 Å². The van der Waals surface area contributed by atoms with Gasteiger partial charge in [0.15, 0.2) is 11.9 Å². The van der Waals surface area contributed by atoms with E-state index in [9.17, 15) is 24.2 Å². The van der Waals surface area contributed by atoms with Crippen LogP contribution in [0.3, 0.4) is 0 Å². The Kier molecular flexibility index (Phi) is 33.7. The van der Waals surface area contributed by atoms with Gasteiger partial charge in [-0.3, -0.25) is 14.2 Å². The van der Waals surface area contributed by atoms with Crippen LogP contribution in [0.1, 0.15) is 194 Å². The van der Waals surface area contributed by atoms with E-state index in [0.29, 0.717) is 17.3 Å². The number of aliphatic hydroxyl groups is 1. The molecule has 0 aromatic rings. The Morgan fingerprint density at radius 2 is 1.06 bits per heavy atom. The smallest absolute Gasteiger partial charge is 0.306 e. The maximum Gasteiger partial charge on any atom is 0.306 e. The molecule has 3 unspecified atom stereocenters. The topological polar surface area (TPSA) is 122 Å². The van der Waals surface area contributed by atoms with E-state index in [2.05, 4.69) is 26.0 Å². The second-order valence-electron chi connectivity index (χ2n) is 15.9. The number of phosphoric acid groups is 1. The number of ketones is 1. The number of carbonyl (C=O) groups is 2.